The Morgan fingerprint density at radius 2 is 2.17 bits per heavy atom. The number of hydrogen-bond donors (Lipinski definition) is 1. The van der Waals surface area contributed by atoms with Gasteiger partial charge < -0.3 is 5.32 Å². The number of aromatic nitrogens is 1. The van der Waals surface area contributed by atoms with Crippen molar-refractivity contribution in [3.8, 4) is 0 Å². The Labute approximate surface area is 149 Å². The van der Waals surface area contributed by atoms with E-state index in [1.54, 1.807) is 16.7 Å². The minimum absolute atomic E-state index is 0.0340. The molecule has 126 valence electrons. The zero-order valence-corrected chi connectivity index (χ0v) is 14.9. The highest BCUT2D eigenvalue weighted by Gasteiger charge is 2.24. The lowest BCUT2D eigenvalue weighted by atomic mass is 10.3. The van der Waals surface area contributed by atoms with E-state index in [4.69, 9.17) is 0 Å². The number of nitrogens with zero attached hydrogens (tertiary/aromatic N) is 2. The Hall–Kier alpha value is -1.86. The summed E-state index contributed by atoms with van der Waals surface area (Å²) in [5.41, 5.74) is 0.725. The molecule has 1 fully saturated rings. The first-order chi connectivity index (χ1) is 11.7. The lowest BCUT2D eigenvalue weighted by molar-refractivity contribution is -0.120. The number of thioether (sulfide) groups is 1. The fourth-order valence-electron chi connectivity index (χ4n) is 2.45. The fraction of sp³-hybridized carbons (Fsp3) is 0.353. The average Bonchev–Trinajstić information content (AvgIpc) is 3.21. The summed E-state index contributed by atoms with van der Waals surface area (Å²) in [6, 6.07) is 10.1. The van der Waals surface area contributed by atoms with Crippen LogP contribution >= 0.6 is 23.1 Å². The highest BCUT2D eigenvalue weighted by atomic mass is 32.2. The molecule has 3 rings (SSSR count). The van der Waals surface area contributed by atoms with Gasteiger partial charge in [0.25, 0.3) is 0 Å². The molecule has 1 aromatic heterocycles. The van der Waals surface area contributed by atoms with Gasteiger partial charge in [0.05, 0.1) is 12.1 Å². The fourth-order valence-corrected chi connectivity index (χ4v) is 4.11. The van der Waals surface area contributed by atoms with Crippen LogP contribution in [-0.4, -0.2) is 35.6 Å². The molecule has 2 amide bonds. The first kappa shape index (κ1) is 17.0. The van der Waals surface area contributed by atoms with Crippen LogP contribution in [0.5, 0.6) is 0 Å². The summed E-state index contributed by atoms with van der Waals surface area (Å²) in [6.45, 7) is 1.36. The van der Waals surface area contributed by atoms with Crippen LogP contribution in [0.4, 0.5) is 5.13 Å². The smallest absolute Gasteiger partial charge is 0.228 e. The molecule has 1 saturated heterocycles. The molecule has 0 radical (unpaired) electrons. The number of carbonyl (C=O) groups is 2. The van der Waals surface area contributed by atoms with E-state index in [0.717, 1.165) is 24.4 Å². The van der Waals surface area contributed by atoms with Crippen LogP contribution in [0.25, 0.3) is 0 Å². The first-order valence-corrected chi connectivity index (χ1v) is 9.78. The van der Waals surface area contributed by atoms with E-state index < -0.39 is 0 Å². The summed E-state index contributed by atoms with van der Waals surface area (Å²) in [5.74, 6) is 0.923. The second-order valence-electron chi connectivity index (χ2n) is 5.46. The molecule has 24 heavy (non-hydrogen) atoms. The van der Waals surface area contributed by atoms with E-state index in [-0.39, 0.29) is 18.2 Å². The molecule has 1 N–H and O–H groups in total. The Kier molecular flexibility index (Phi) is 5.87. The summed E-state index contributed by atoms with van der Waals surface area (Å²) in [7, 11) is 0. The highest BCUT2D eigenvalue weighted by molar-refractivity contribution is 7.99. The Morgan fingerprint density at radius 1 is 1.33 bits per heavy atom. The van der Waals surface area contributed by atoms with Gasteiger partial charge in [0.2, 0.25) is 11.8 Å². The molecule has 7 heteroatoms. The first-order valence-electron chi connectivity index (χ1n) is 7.92. The number of hydrogen-bond acceptors (Lipinski definition) is 5. The lowest BCUT2D eigenvalue weighted by Gasteiger charge is -2.10. The van der Waals surface area contributed by atoms with Crippen molar-refractivity contribution in [1.29, 1.82) is 0 Å². The molecule has 0 bridgehead atoms. The average molecular weight is 361 g/mol. The molecular formula is C17H19N3O2S2. The molecule has 0 spiro atoms. The van der Waals surface area contributed by atoms with Gasteiger partial charge in [-0.3, -0.25) is 14.5 Å². The van der Waals surface area contributed by atoms with E-state index in [1.807, 2.05) is 23.6 Å². The molecule has 1 aliphatic heterocycles. The summed E-state index contributed by atoms with van der Waals surface area (Å²) < 4.78 is 0. The lowest BCUT2D eigenvalue weighted by Crippen LogP contribution is -2.27. The third-order valence-corrected chi connectivity index (χ3v) is 5.55. The van der Waals surface area contributed by atoms with Gasteiger partial charge in [-0.2, -0.15) is 0 Å². The van der Waals surface area contributed by atoms with Crippen molar-refractivity contribution in [3.05, 3.63) is 41.4 Å². The minimum atomic E-state index is -0.0340. The maximum absolute atomic E-state index is 12.0. The third-order valence-electron chi connectivity index (χ3n) is 3.62. The molecule has 0 aliphatic carbocycles. The van der Waals surface area contributed by atoms with E-state index in [9.17, 15) is 9.59 Å². The van der Waals surface area contributed by atoms with Crippen LogP contribution in [0.2, 0.25) is 0 Å². The van der Waals surface area contributed by atoms with E-state index in [1.165, 1.54) is 16.2 Å². The molecule has 2 heterocycles. The number of rotatable bonds is 7. The topological polar surface area (TPSA) is 62.3 Å². The summed E-state index contributed by atoms with van der Waals surface area (Å²) in [5, 5.41) is 5.48. The summed E-state index contributed by atoms with van der Waals surface area (Å²) in [6.07, 6.45) is 1.73. The van der Waals surface area contributed by atoms with Crippen LogP contribution in [-0.2, 0) is 16.0 Å². The molecule has 1 aliphatic rings. The van der Waals surface area contributed by atoms with Crippen molar-refractivity contribution in [2.45, 2.75) is 24.2 Å². The summed E-state index contributed by atoms with van der Waals surface area (Å²) in [4.78, 5) is 31.0. The van der Waals surface area contributed by atoms with Crippen molar-refractivity contribution in [2.75, 3.05) is 23.7 Å². The Balaban J connectivity index is 1.40. The van der Waals surface area contributed by atoms with Crippen molar-refractivity contribution in [2.24, 2.45) is 0 Å². The van der Waals surface area contributed by atoms with Crippen LogP contribution < -0.4 is 10.2 Å². The van der Waals surface area contributed by atoms with Gasteiger partial charge in [0.15, 0.2) is 5.13 Å². The SMILES string of the molecule is O=C(Cc1csc(N2CCCC2=O)n1)NCCSc1ccccc1. The van der Waals surface area contributed by atoms with Gasteiger partial charge in [-0.25, -0.2) is 4.98 Å². The van der Waals surface area contributed by atoms with Crippen LogP contribution in [0.1, 0.15) is 18.5 Å². The minimum Gasteiger partial charge on any atom is -0.355 e. The third kappa shape index (κ3) is 4.58. The van der Waals surface area contributed by atoms with Gasteiger partial charge in [0.1, 0.15) is 0 Å². The van der Waals surface area contributed by atoms with Crippen molar-refractivity contribution in [3.63, 3.8) is 0 Å². The van der Waals surface area contributed by atoms with E-state index in [2.05, 4.69) is 22.4 Å². The second kappa shape index (κ2) is 8.30. The Bertz CT molecular complexity index is 703. The van der Waals surface area contributed by atoms with E-state index in [0.29, 0.717) is 18.1 Å². The predicted octanol–water partition coefficient (Wildman–Crippen LogP) is 2.72. The van der Waals surface area contributed by atoms with Crippen molar-refractivity contribution < 1.29 is 9.59 Å². The standard InChI is InChI=1S/C17H19N3O2S2/c21-15(18-8-10-23-14-5-2-1-3-6-14)11-13-12-24-17(19-13)20-9-4-7-16(20)22/h1-3,5-6,12H,4,7-11H2,(H,18,21). The number of benzene rings is 1. The molecule has 5 nitrogen and oxygen atoms in total. The van der Waals surface area contributed by atoms with Gasteiger partial charge in [-0.15, -0.1) is 23.1 Å². The largest absolute Gasteiger partial charge is 0.355 e. The molecule has 0 unspecified atom stereocenters. The maximum Gasteiger partial charge on any atom is 0.228 e. The van der Waals surface area contributed by atoms with Gasteiger partial charge in [-0.1, -0.05) is 18.2 Å². The van der Waals surface area contributed by atoms with E-state index >= 15 is 0 Å². The van der Waals surface area contributed by atoms with Crippen molar-refractivity contribution >= 4 is 40.0 Å². The van der Waals surface area contributed by atoms with Crippen LogP contribution in [0.3, 0.4) is 0 Å². The Morgan fingerprint density at radius 3 is 2.92 bits per heavy atom. The van der Waals surface area contributed by atoms with Gasteiger partial charge in [-0.05, 0) is 18.6 Å². The predicted molar refractivity (Wildman–Crippen MR) is 97.6 cm³/mol. The van der Waals surface area contributed by atoms with Crippen LogP contribution in [0.15, 0.2) is 40.6 Å². The molecule has 1 aromatic carbocycles. The number of nitrogens with one attached hydrogen (secondary N) is 1. The van der Waals surface area contributed by atoms with Crippen molar-refractivity contribution in [1.82, 2.24) is 10.3 Å². The van der Waals surface area contributed by atoms with Gasteiger partial charge in [0, 0.05) is 35.5 Å². The van der Waals surface area contributed by atoms with Gasteiger partial charge >= 0.3 is 0 Å². The number of amides is 2. The molecule has 0 atom stereocenters. The normalized spacial score (nSPS) is 14.2. The maximum atomic E-state index is 12.0. The second-order valence-corrected chi connectivity index (χ2v) is 7.46. The number of carbonyl (C=O) groups excluding carboxylic acids is 2. The highest BCUT2D eigenvalue weighted by Crippen LogP contribution is 2.25. The van der Waals surface area contributed by atoms with Crippen LogP contribution in [0, 0.1) is 0 Å². The number of thiazole rings is 1. The molecule has 2 aromatic rings. The zero-order chi connectivity index (χ0) is 16.8. The summed E-state index contributed by atoms with van der Waals surface area (Å²) >= 11 is 3.15. The quantitative estimate of drug-likeness (QED) is 0.608. The zero-order valence-electron chi connectivity index (χ0n) is 13.2. The molecular weight excluding hydrogens is 342 g/mol. The number of anilines is 1. The molecule has 0 saturated carbocycles. The monoisotopic (exact) mass is 361 g/mol.